The lowest BCUT2D eigenvalue weighted by molar-refractivity contribution is 0.310. The Bertz CT molecular complexity index is 138. The Hall–Kier alpha value is -0.0800. The Balaban J connectivity index is 3.86. The quantitative estimate of drug-likeness (QED) is 0.531. The second-order valence-corrected chi connectivity index (χ2v) is 5.17. The van der Waals surface area contributed by atoms with E-state index in [1.807, 2.05) is 0 Å². The third-order valence-corrected chi connectivity index (χ3v) is 3.44. The average molecular weight is 228 g/mol. The highest BCUT2D eigenvalue weighted by molar-refractivity contribution is 4.83. The first-order chi connectivity index (χ1) is 7.68. The SMILES string of the molecule is CCCCC(N)(CCCC)CCCCCN. The van der Waals surface area contributed by atoms with Gasteiger partial charge >= 0.3 is 0 Å². The van der Waals surface area contributed by atoms with E-state index in [-0.39, 0.29) is 5.54 Å². The molecule has 2 heteroatoms. The minimum atomic E-state index is 0.112. The Kier molecular flexibility index (Phi) is 10.0. The molecule has 0 aromatic carbocycles. The number of hydrogen-bond acceptors (Lipinski definition) is 2. The predicted molar refractivity (Wildman–Crippen MR) is 73.5 cm³/mol. The molecule has 98 valence electrons. The fourth-order valence-corrected chi connectivity index (χ4v) is 2.23. The predicted octanol–water partition coefficient (Wildman–Crippen LogP) is 3.58. The van der Waals surface area contributed by atoms with Crippen LogP contribution in [-0.2, 0) is 0 Å². The fraction of sp³-hybridized carbons (Fsp3) is 1.00. The molecule has 0 spiro atoms. The van der Waals surface area contributed by atoms with Crippen LogP contribution in [0.3, 0.4) is 0 Å². The van der Waals surface area contributed by atoms with Crippen LogP contribution < -0.4 is 11.5 Å². The molecule has 0 unspecified atom stereocenters. The maximum atomic E-state index is 6.52. The van der Waals surface area contributed by atoms with Crippen molar-refractivity contribution < 1.29 is 0 Å². The molecule has 0 aromatic rings. The van der Waals surface area contributed by atoms with Gasteiger partial charge in [-0.3, -0.25) is 0 Å². The van der Waals surface area contributed by atoms with Crippen LogP contribution in [0.4, 0.5) is 0 Å². The van der Waals surface area contributed by atoms with Crippen molar-refractivity contribution in [2.45, 2.75) is 83.6 Å². The summed E-state index contributed by atoms with van der Waals surface area (Å²) in [4.78, 5) is 0. The molecule has 0 aliphatic rings. The molecule has 0 atom stereocenters. The van der Waals surface area contributed by atoms with Gasteiger partial charge in [0.1, 0.15) is 0 Å². The minimum absolute atomic E-state index is 0.112. The summed E-state index contributed by atoms with van der Waals surface area (Å²) in [6.45, 7) is 5.31. The van der Waals surface area contributed by atoms with E-state index < -0.39 is 0 Å². The lowest BCUT2D eigenvalue weighted by Crippen LogP contribution is -2.39. The first-order valence-corrected chi connectivity index (χ1v) is 7.17. The van der Waals surface area contributed by atoms with Crippen molar-refractivity contribution in [2.24, 2.45) is 11.5 Å². The van der Waals surface area contributed by atoms with E-state index in [4.69, 9.17) is 11.5 Å². The summed E-state index contributed by atoms with van der Waals surface area (Å²) in [5, 5.41) is 0. The van der Waals surface area contributed by atoms with Crippen molar-refractivity contribution in [2.75, 3.05) is 6.54 Å². The van der Waals surface area contributed by atoms with Gasteiger partial charge in [0, 0.05) is 5.54 Å². The van der Waals surface area contributed by atoms with Crippen molar-refractivity contribution in [1.82, 2.24) is 0 Å². The zero-order chi connectivity index (χ0) is 12.3. The number of unbranched alkanes of at least 4 members (excludes halogenated alkanes) is 4. The Morgan fingerprint density at radius 2 is 1.25 bits per heavy atom. The van der Waals surface area contributed by atoms with E-state index in [1.165, 1.54) is 57.8 Å². The van der Waals surface area contributed by atoms with Crippen LogP contribution in [0.2, 0.25) is 0 Å². The van der Waals surface area contributed by atoms with Crippen LogP contribution in [0.5, 0.6) is 0 Å². The molecular formula is C14H32N2. The highest BCUT2D eigenvalue weighted by Gasteiger charge is 2.22. The lowest BCUT2D eigenvalue weighted by Gasteiger charge is -2.29. The zero-order valence-electron chi connectivity index (χ0n) is 11.4. The molecule has 0 radical (unpaired) electrons. The molecule has 2 nitrogen and oxygen atoms in total. The molecule has 4 N–H and O–H groups in total. The van der Waals surface area contributed by atoms with Crippen LogP contribution in [-0.4, -0.2) is 12.1 Å². The Morgan fingerprint density at radius 3 is 1.69 bits per heavy atom. The largest absolute Gasteiger partial charge is 0.330 e. The maximum absolute atomic E-state index is 6.52. The van der Waals surface area contributed by atoms with Gasteiger partial charge in [-0.25, -0.2) is 0 Å². The molecule has 0 aliphatic heterocycles. The van der Waals surface area contributed by atoms with Gasteiger partial charge in [-0.05, 0) is 32.2 Å². The first-order valence-electron chi connectivity index (χ1n) is 7.17. The third kappa shape index (κ3) is 8.12. The summed E-state index contributed by atoms with van der Waals surface area (Å²) < 4.78 is 0. The van der Waals surface area contributed by atoms with Gasteiger partial charge in [-0.2, -0.15) is 0 Å². The topological polar surface area (TPSA) is 52.0 Å². The monoisotopic (exact) mass is 228 g/mol. The number of hydrogen-bond donors (Lipinski definition) is 2. The van der Waals surface area contributed by atoms with Crippen molar-refractivity contribution >= 4 is 0 Å². The molecule has 0 rings (SSSR count). The first kappa shape index (κ1) is 15.9. The van der Waals surface area contributed by atoms with E-state index in [9.17, 15) is 0 Å². The van der Waals surface area contributed by atoms with E-state index in [0.29, 0.717) is 0 Å². The lowest BCUT2D eigenvalue weighted by atomic mass is 9.83. The van der Waals surface area contributed by atoms with Crippen molar-refractivity contribution in [3.63, 3.8) is 0 Å². The fourth-order valence-electron chi connectivity index (χ4n) is 2.23. The van der Waals surface area contributed by atoms with Gasteiger partial charge < -0.3 is 11.5 Å². The average Bonchev–Trinajstić information content (AvgIpc) is 2.30. The van der Waals surface area contributed by atoms with E-state index in [0.717, 1.165) is 13.0 Å². The highest BCUT2D eigenvalue weighted by Crippen LogP contribution is 2.25. The van der Waals surface area contributed by atoms with Crippen molar-refractivity contribution in [1.29, 1.82) is 0 Å². The summed E-state index contributed by atoms with van der Waals surface area (Å²) in [5.41, 5.74) is 12.1. The molecule has 0 saturated heterocycles. The smallest absolute Gasteiger partial charge is 0.0154 e. The van der Waals surface area contributed by atoms with Gasteiger partial charge in [0.15, 0.2) is 0 Å². The van der Waals surface area contributed by atoms with Crippen molar-refractivity contribution in [3.8, 4) is 0 Å². The Labute approximate surface area is 102 Å². The molecule has 0 fully saturated rings. The van der Waals surface area contributed by atoms with Gasteiger partial charge in [-0.15, -0.1) is 0 Å². The molecular weight excluding hydrogens is 196 g/mol. The molecule has 0 saturated carbocycles. The normalized spacial score (nSPS) is 12.0. The second-order valence-electron chi connectivity index (χ2n) is 5.17. The standard InChI is InChI=1S/C14H32N2/c1-3-5-10-14(16,11-6-4-2)12-8-7-9-13-15/h3-13,15-16H2,1-2H3. The van der Waals surface area contributed by atoms with Gasteiger partial charge in [0.2, 0.25) is 0 Å². The highest BCUT2D eigenvalue weighted by atomic mass is 14.7. The summed E-state index contributed by atoms with van der Waals surface area (Å²) in [5.74, 6) is 0. The minimum Gasteiger partial charge on any atom is -0.330 e. The molecule has 16 heavy (non-hydrogen) atoms. The third-order valence-electron chi connectivity index (χ3n) is 3.44. The van der Waals surface area contributed by atoms with Crippen LogP contribution in [0, 0.1) is 0 Å². The van der Waals surface area contributed by atoms with Crippen LogP contribution in [0.15, 0.2) is 0 Å². The van der Waals surface area contributed by atoms with Crippen LogP contribution in [0.1, 0.15) is 78.1 Å². The van der Waals surface area contributed by atoms with Crippen LogP contribution in [0.25, 0.3) is 0 Å². The molecule has 0 aromatic heterocycles. The van der Waals surface area contributed by atoms with Crippen molar-refractivity contribution in [3.05, 3.63) is 0 Å². The summed E-state index contributed by atoms with van der Waals surface area (Å²) in [6, 6.07) is 0. The summed E-state index contributed by atoms with van der Waals surface area (Å²) >= 11 is 0. The van der Waals surface area contributed by atoms with E-state index >= 15 is 0 Å². The molecule has 0 amide bonds. The molecule has 0 heterocycles. The van der Waals surface area contributed by atoms with E-state index in [1.54, 1.807) is 0 Å². The summed E-state index contributed by atoms with van der Waals surface area (Å²) in [6.07, 6.45) is 12.3. The van der Waals surface area contributed by atoms with E-state index in [2.05, 4.69) is 13.8 Å². The van der Waals surface area contributed by atoms with Gasteiger partial charge in [-0.1, -0.05) is 52.4 Å². The molecule has 0 aliphatic carbocycles. The van der Waals surface area contributed by atoms with Gasteiger partial charge in [0.05, 0.1) is 0 Å². The number of nitrogens with two attached hydrogens (primary N) is 2. The maximum Gasteiger partial charge on any atom is 0.0154 e. The number of rotatable bonds is 11. The zero-order valence-corrected chi connectivity index (χ0v) is 11.4. The second kappa shape index (κ2) is 10.1. The Morgan fingerprint density at radius 1 is 0.750 bits per heavy atom. The molecule has 0 bridgehead atoms. The van der Waals surface area contributed by atoms with Crippen LogP contribution >= 0.6 is 0 Å². The van der Waals surface area contributed by atoms with Gasteiger partial charge in [0.25, 0.3) is 0 Å². The summed E-state index contributed by atoms with van der Waals surface area (Å²) in [7, 11) is 0.